The molecule has 2 aliphatic heterocycles. The molecule has 1 amide bonds. The number of pyridine rings is 1. The number of aliphatic hydroxyl groups excluding tert-OH is 1. The van der Waals surface area contributed by atoms with Crippen molar-refractivity contribution in [3.05, 3.63) is 47.7 Å². The van der Waals surface area contributed by atoms with Gasteiger partial charge in [-0.3, -0.25) is 9.88 Å². The second kappa shape index (κ2) is 16.7. The van der Waals surface area contributed by atoms with Crippen molar-refractivity contribution in [2.75, 3.05) is 45.1 Å². The number of aliphatic hydroxyl groups is 1. The molecule has 2 aromatic carbocycles. The number of halogens is 2. The van der Waals surface area contributed by atoms with Gasteiger partial charge in [0.1, 0.15) is 42.3 Å². The second-order valence-electron chi connectivity index (χ2n) is 18.8. The second-order valence-corrected chi connectivity index (χ2v) is 24.4. The number of carbonyl (C=O) groups is 1. The summed E-state index contributed by atoms with van der Waals surface area (Å²) in [6.45, 7) is 19.7. The summed E-state index contributed by atoms with van der Waals surface area (Å²) < 4.78 is 56.9. The summed E-state index contributed by atoms with van der Waals surface area (Å²) >= 11 is 0. The van der Waals surface area contributed by atoms with Crippen LogP contribution in [0.15, 0.2) is 30.5 Å². The van der Waals surface area contributed by atoms with Crippen molar-refractivity contribution in [1.29, 1.82) is 0 Å². The molecule has 0 spiro atoms. The normalized spacial score (nSPS) is 18.7. The van der Waals surface area contributed by atoms with Crippen LogP contribution in [-0.2, 0) is 9.47 Å². The average molecular weight is 844 g/mol. The number of hydrogen-bond acceptors (Lipinski definition) is 10. The maximum Gasteiger partial charge on any atom is 0.410 e. The number of amides is 1. The van der Waals surface area contributed by atoms with Crippen molar-refractivity contribution >= 4 is 41.7 Å². The van der Waals surface area contributed by atoms with E-state index in [1.165, 1.54) is 13.2 Å². The van der Waals surface area contributed by atoms with Gasteiger partial charge in [0.05, 0.1) is 36.2 Å². The monoisotopic (exact) mass is 843 g/mol. The fourth-order valence-corrected chi connectivity index (χ4v) is 14.7. The number of piperazine rings is 1. The van der Waals surface area contributed by atoms with Gasteiger partial charge in [0.2, 0.25) is 0 Å². The zero-order valence-electron chi connectivity index (χ0n) is 36.6. The van der Waals surface area contributed by atoms with E-state index in [-0.39, 0.29) is 71.9 Å². The molecule has 2 saturated heterocycles. The first-order valence-corrected chi connectivity index (χ1v) is 23.4. The zero-order chi connectivity index (χ0) is 43.3. The summed E-state index contributed by atoms with van der Waals surface area (Å²) in [5.74, 6) is 2.87. The van der Waals surface area contributed by atoms with Crippen LogP contribution in [0.2, 0.25) is 16.6 Å². The van der Waals surface area contributed by atoms with Gasteiger partial charge in [-0.05, 0) is 86.7 Å². The molecule has 4 aromatic rings. The standard InChI is InChI=1S/C46H59F2N5O6Si/c1-27(2)60(28(3)4,29(5)6)18-15-34-37(47)14-11-30-19-33(58-26-56-10)20-35(38(30)34)40-39(48)41-36(21-49-40)42(51-43(50-41)57-25-46(24-54)16-17-46)52-22-31-12-13-32(23-52)53(31)44(55)59-45(7,8)9/h11,14,19-21,27-29,31-32,54H,12-13,16-17,22-26H2,1-10H3. The zero-order valence-corrected chi connectivity index (χ0v) is 37.6. The quantitative estimate of drug-likeness (QED) is 0.0840. The van der Waals surface area contributed by atoms with E-state index in [0.717, 1.165) is 25.7 Å². The van der Waals surface area contributed by atoms with Gasteiger partial charge in [-0.2, -0.15) is 9.97 Å². The van der Waals surface area contributed by atoms with Crippen LogP contribution >= 0.6 is 0 Å². The van der Waals surface area contributed by atoms with Crippen LogP contribution < -0.4 is 14.4 Å². The number of methoxy groups -OCH3 is 1. The number of anilines is 1. The Hall–Kier alpha value is -4.58. The van der Waals surface area contributed by atoms with Crippen LogP contribution in [0.1, 0.15) is 93.6 Å². The molecule has 3 fully saturated rings. The van der Waals surface area contributed by atoms with Crippen molar-refractivity contribution in [2.24, 2.45) is 5.41 Å². The largest absolute Gasteiger partial charge is 0.468 e. The van der Waals surface area contributed by atoms with Gasteiger partial charge in [-0.25, -0.2) is 13.6 Å². The smallest absolute Gasteiger partial charge is 0.410 e. The SMILES string of the molecule is COCOc1cc(-c2ncc3c(N4CC5CCC(C4)N5C(=O)OC(C)(C)C)nc(OCC4(CO)CC4)nc3c2F)c2c(C#C[Si](C(C)C)(C(C)C)C(C)C)c(F)ccc2c1. The average Bonchev–Trinajstić information content (AvgIpc) is 3.92. The van der Waals surface area contributed by atoms with Gasteiger partial charge in [0.15, 0.2) is 12.6 Å². The number of hydrogen-bond donors (Lipinski definition) is 1. The lowest BCUT2D eigenvalue weighted by Crippen LogP contribution is -2.57. The third-order valence-electron chi connectivity index (χ3n) is 12.7. The first-order chi connectivity index (χ1) is 28.4. The third kappa shape index (κ3) is 8.25. The van der Waals surface area contributed by atoms with E-state index >= 15 is 8.78 Å². The van der Waals surface area contributed by atoms with Crippen LogP contribution in [0.4, 0.5) is 19.4 Å². The Bertz CT molecular complexity index is 2300. The molecule has 0 radical (unpaired) electrons. The molecule has 1 aliphatic carbocycles. The van der Waals surface area contributed by atoms with E-state index in [9.17, 15) is 9.90 Å². The van der Waals surface area contributed by atoms with Gasteiger partial charge in [0, 0.05) is 42.8 Å². The molecule has 14 heteroatoms. The highest BCUT2D eigenvalue weighted by molar-refractivity contribution is 6.90. The summed E-state index contributed by atoms with van der Waals surface area (Å²) in [7, 11) is -0.798. The molecule has 3 aliphatic rings. The minimum absolute atomic E-state index is 0.0259. The minimum Gasteiger partial charge on any atom is -0.468 e. The Morgan fingerprint density at radius 1 is 1.00 bits per heavy atom. The lowest BCUT2D eigenvalue weighted by atomic mass is 9.95. The number of rotatable bonds is 12. The molecule has 60 heavy (non-hydrogen) atoms. The molecule has 2 atom stereocenters. The highest BCUT2D eigenvalue weighted by atomic mass is 28.3. The van der Waals surface area contributed by atoms with Gasteiger partial charge >= 0.3 is 12.1 Å². The molecular weight excluding hydrogens is 785 g/mol. The van der Waals surface area contributed by atoms with Crippen LogP contribution in [0, 0.1) is 28.5 Å². The molecule has 1 N–H and O–H groups in total. The van der Waals surface area contributed by atoms with Crippen LogP contribution in [0.5, 0.6) is 11.8 Å². The highest BCUT2D eigenvalue weighted by Gasteiger charge is 2.46. The summed E-state index contributed by atoms with van der Waals surface area (Å²) in [6.07, 6.45) is 4.37. The number of benzene rings is 2. The number of nitrogens with zero attached hydrogens (tertiary/aromatic N) is 5. The van der Waals surface area contributed by atoms with Crippen molar-refractivity contribution < 1.29 is 37.6 Å². The third-order valence-corrected chi connectivity index (χ3v) is 19.0. The Balaban J connectivity index is 1.40. The van der Waals surface area contributed by atoms with Crippen LogP contribution in [-0.4, -0.2) is 97.0 Å². The van der Waals surface area contributed by atoms with E-state index < -0.39 is 25.3 Å². The molecular formula is C46H59F2N5O6Si. The first kappa shape index (κ1) is 43.5. The van der Waals surface area contributed by atoms with Crippen molar-refractivity contribution in [2.45, 2.75) is 122 Å². The highest BCUT2D eigenvalue weighted by Crippen LogP contribution is 2.46. The van der Waals surface area contributed by atoms with E-state index in [1.807, 2.05) is 30.6 Å². The predicted molar refractivity (Wildman–Crippen MR) is 232 cm³/mol. The summed E-state index contributed by atoms with van der Waals surface area (Å²) in [5, 5.41) is 11.4. The molecule has 2 unspecified atom stereocenters. The van der Waals surface area contributed by atoms with Crippen molar-refractivity contribution in [3.8, 4) is 34.5 Å². The lowest BCUT2D eigenvalue weighted by molar-refractivity contribution is 0.0122. The Kier molecular flexibility index (Phi) is 12.1. The fourth-order valence-electron chi connectivity index (χ4n) is 9.48. The maximum atomic E-state index is 17.6. The topological polar surface area (TPSA) is 119 Å². The first-order valence-electron chi connectivity index (χ1n) is 21.2. The molecule has 7 rings (SSSR count). The van der Waals surface area contributed by atoms with Crippen molar-refractivity contribution in [3.63, 3.8) is 0 Å². The number of aromatic nitrogens is 3. The summed E-state index contributed by atoms with van der Waals surface area (Å²) in [5.41, 5.74) is 3.93. The van der Waals surface area contributed by atoms with E-state index in [4.69, 9.17) is 28.9 Å². The Morgan fingerprint density at radius 2 is 1.67 bits per heavy atom. The summed E-state index contributed by atoms with van der Waals surface area (Å²) in [4.78, 5) is 31.5. The lowest BCUT2D eigenvalue weighted by Gasteiger charge is -2.42. The Morgan fingerprint density at radius 3 is 2.25 bits per heavy atom. The molecule has 2 aromatic heterocycles. The van der Waals surface area contributed by atoms with Gasteiger partial charge in [0.25, 0.3) is 0 Å². The van der Waals surface area contributed by atoms with Crippen LogP contribution in [0.3, 0.4) is 0 Å². The molecule has 2 bridgehead atoms. The number of ether oxygens (including phenoxy) is 4. The van der Waals surface area contributed by atoms with Gasteiger partial charge in [-0.15, -0.1) is 5.54 Å². The number of carbonyl (C=O) groups excluding carboxylic acids is 1. The van der Waals surface area contributed by atoms with Gasteiger partial charge in [-0.1, -0.05) is 53.5 Å². The van der Waals surface area contributed by atoms with E-state index in [0.29, 0.717) is 57.4 Å². The van der Waals surface area contributed by atoms with Crippen molar-refractivity contribution in [1.82, 2.24) is 19.9 Å². The minimum atomic E-state index is -2.31. The molecule has 4 heterocycles. The number of fused-ring (bicyclic) bond motifs is 4. The molecule has 322 valence electrons. The van der Waals surface area contributed by atoms with Gasteiger partial charge < -0.3 is 29.0 Å². The van der Waals surface area contributed by atoms with Crippen LogP contribution in [0.25, 0.3) is 32.9 Å². The molecule has 1 saturated carbocycles. The Labute approximate surface area is 353 Å². The molecule has 11 nitrogen and oxygen atoms in total. The maximum absolute atomic E-state index is 17.6. The van der Waals surface area contributed by atoms with E-state index in [1.54, 1.807) is 24.4 Å². The summed E-state index contributed by atoms with van der Waals surface area (Å²) in [6, 6.07) is 6.12. The van der Waals surface area contributed by atoms with E-state index in [2.05, 4.69) is 58.0 Å². The fraction of sp³-hybridized carbons (Fsp3) is 0.565. The predicted octanol–water partition coefficient (Wildman–Crippen LogP) is 9.41.